The fourth-order valence-electron chi connectivity index (χ4n) is 3.50. The zero-order valence-corrected chi connectivity index (χ0v) is 15.7. The van der Waals surface area contributed by atoms with Crippen LogP contribution < -0.4 is 5.56 Å². The first-order valence-electron chi connectivity index (χ1n) is 9.02. The number of nitrogens with zero attached hydrogens (tertiary/aromatic N) is 7. The Morgan fingerprint density at radius 1 is 1.14 bits per heavy atom. The van der Waals surface area contributed by atoms with Gasteiger partial charge in [0, 0.05) is 43.0 Å². The van der Waals surface area contributed by atoms with E-state index in [9.17, 15) is 9.18 Å². The third kappa shape index (κ3) is 2.70. The second kappa shape index (κ2) is 6.33. The smallest absolute Gasteiger partial charge is 0.260 e. The molecule has 29 heavy (non-hydrogen) atoms. The van der Waals surface area contributed by atoms with Crippen molar-refractivity contribution in [2.45, 2.75) is 13.0 Å². The first-order chi connectivity index (χ1) is 14.0. The predicted octanol–water partition coefficient (Wildman–Crippen LogP) is 2.59. The molecule has 5 rings (SSSR count). The second-order valence-electron chi connectivity index (χ2n) is 6.87. The second-order valence-corrected chi connectivity index (χ2v) is 6.87. The summed E-state index contributed by atoms with van der Waals surface area (Å²) in [5.41, 5.74) is 1.96. The Morgan fingerprint density at radius 2 is 2.00 bits per heavy atom. The summed E-state index contributed by atoms with van der Waals surface area (Å²) in [5, 5.41) is 12.8. The van der Waals surface area contributed by atoms with Crippen LogP contribution in [0.25, 0.3) is 27.7 Å². The van der Waals surface area contributed by atoms with Crippen molar-refractivity contribution in [3.05, 3.63) is 77.2 Å². The molecule has 0 aliphatic heterocycles. The molecule has 5 aromatic rings. The van der Waals surface area contributed by atoms with Gasteiger partial charge in [-0.1, -0.05) is 0 Å². The van der Waals surface area contributed by atoms with Gasteiger partial charge in [-0.3, -0.25) is 18.9 Å². The van der Waals surface area contributed by atoms with Crippen LogP contribution in [0.2, 0.25) is 0 Å². The normalized spacial score (nSPS) is 12.7. The molecule has 0 aliphatic carbocycles. The minimum Gasteiger partial charge on any atom is -0.304 e. The Bertz CT molecular complexity index is 1430. The van der Waals surface area contributed by atoms with E-state index in [0.29, 0.717) is 22.3 Å². The molecule has 0 bridgehead atoms. The van der Waals surface area contributed by atoms with Gasteiger partial charge in [-0.05, 0) is 31.2 Å². The fourth-order valence-corrected chi connectivity index (χ4v) is 3.50. The van der Waals surface area contributed by atoms with Crippen LogP contribution in [0.15, 0.2) is 60.0 Å². The molecule has 0 N–H and O–H groups in total. The zero-order chi connectivity index (χ0) is 20.1. The van der Waals surface area contributed by atoms with Gasteiger partial charge in [0.1, 0.15) is 0 Å². The third-order valence-electron chi connectivity index (χ3n) is 5.01. The van der Waals surface area contributed by atoms with Crippen LogP contribution in [0, 0.1) is 5.82 Å². The number of hydrogen-bond acceptors (Lipinski definition) is 5. The molecule has 0 aromatic carbocycles. The summed E-state index contributed by atoms with van der Waals surface area (Å²) in [6.45, 7) is 1.83. The van der Waals surface area contributed by atoms with Crippen molar-refractivity contribution in [3.8, 4) is 11.1 Å². The highest BCUT2D eigenvalue weighted by Gasteiger charge is 2.20. The molecule has 5 aromatic heterocycles. The molecular weight excluding hydrogens is 373 g/mol. The Labute approximate surface area is 163 Å². The molecule has 0 unspecified atom stereocenters. The maximum atomic E-state index is 14.7. The maximum absolute atomic E-state index is 14.7. The molecule has 0 fully saturated rings. The molecule has 8 nitrogen and oxygen atoms in total. The highest BCUT2D eigenvalue weighted by molar-refractivity contribution is 5.76. The van der Waals surface area contributed by atoms with Gasteiger partial charge in [-0.15, -0.1) is 10.2 Å². The van der Waals surface area contributed by atoms with E-state index in [2.05, 4.69) is 20.3 Å². The van der Waals surface area contributed by atoms with E-state index in [1.165, 1.54) is 6.07 Å². The van der Waals surface area contributed by atoms with Gasteiger partial charge in [-0.25, -0.2) is 4.39 Å². The lowest BCUT2D eigenvalue weighted by Crippen LogP contribution is -2.25. The SMILES string of the molecule is C[C@@H](c1nnc2c(F)cc(-c3cnn(C)c3)cn12)n1ccc2ncccc2c1=O. The Hall–Kier alpha value is -3.88. The molecule has 0 spiro atoms. The molecule has 5 heterocycles. The summed E-state index contributed by atoms with van der Waals surface area (Å²) < 4.78 is 19.5. The average Bonchev–Trinajstić information content (AvgIpc) is 3.34. The number of fused-ring (bicyclic) bond motifs is 2. The Balaban J connectivity index is 1.68. The van der Waals surface area contributed by atoms with E-state index in [0.717, 1.165) is 5.56 Å². The van der Waals surface area contributed by atoms with E-state index in [1.807, 2.05) is 6.92 Å². The van der Waals surface area contributed by atoms with Crippen molar-refractivity contribution >= 4 is 16.6 Å². The van der Waals surface area contributed by atoms with Crippen molar-refractivity contribution < 1.29 is 4.39 Å². The molecule has 9 heteroatoms. The van der Waals surface area contributed by atoms with Crippen LogP contribution in [0.3, 0.4) is 0 Å². The van der Waals surface area contributed by atoms with E-state index < -0.39 is 11.9 Å². The van der Waals surface area contributed by atoms with Gasteiger partial charge in [0.05, 0.1) is 23.1 Å². The molecule has 144 valence electrons. The van der Waals surface area contributed by atoms with Crippen LogP contribution in [-0.2, 0) is 7.05 Å². The molecule has 0 radical (unpaired) electrons. The Kier molecular flexibility index (Phi) is 3.76. The maximum Gasteiger partial charge on any atom is 0.260 e. The van der Waals surface area contributed by atoms with Crippen molar-refractivity contribution in [3.63, 3.8) is 0 Å². The standard InChI is InChI=1S/C20H16FN7O/c1-12(27-7-5-17-15(20(27)29)4-3-6-22-17)18-24-25-19-16(21)8-13(11-28(18)19)14-9-23-26(2)10-14/h3-12H,1-2H3/t12-/m0/s1. The lowest BCUT2D eigenvalue weighted by molar-refractivity contribution is 0.575. The van der Waals surface area contributed by atoms with Crippen LogP contribution in [0.4, 0.5) is 4.39 Å². The number of aryl methyl sites for hydroxylation is 1. The minimum atomic E-state index is -0.493. The van der Waals surface area contributed by atoms with Crippen LogP contribution in [0.1, 0.15) is 18.8 Å². The van der Waals surface area contributed by atoms with E-state index in [-0.39, 0.29) is 11.2 Å². The van der Waals surface area contributed by atoms with Crippen molar-refractivity contribution in [2.75, 3.05) is 0 Å². The lowest BCUT2D eigenvalue weighted by Gasteiger charge is -2.14. The monoisotopic (exact) mass is 389 g/mol. The largest absolute Gasteiger partial charge is 0.304 e. The van der Waals surface area contributed by atoms with Crippen LogP contribution >= 0.6 is 0 Å². The van der Waals surface area contributed by atoms with Gasteiger partial charge >= 0.3 is 0 Å². The first-order valence-corrected chi connectivity index (χ1v) is 9.02. The third-order valence-corrected chi connectivity index (χ3v) is 5.01. The highest BCUT2D eigenvalue weighted by atomic mass is 19.1. The zero-order valence-electron chi connectivity index (χ0n) is 15.7. The van der Waals surface area contributed by atoms with E-state index in [4.69, 9.17) is 0 Å². The number of rotatable bonds is 3. The van der Waals surface area contributed by atoms with Gasteiger partial charge in [0.2, 0.25) is 0 Å². The Morgan fingerprint density at radius 3 is 2.79 bits per heavy atom. The van der Waals surface area contributed by atoms with Crippen LogP contribution in [-0.4, -0.2) is 33.9 Å². The van der Waals surface area contributed by atoms with Crippen molar-refractivity contribution in [1.29, 1.82) is 0 Å². The van der Waals surface area contributed by atoms with Crippen molar-refractivity contribution in [1.82, 2.24) is 33.9 Å². The van der Waals surface area contributed by atoms with E-state index in [1.54, 1.807) is 69.9 Å². The van der Waals surface area contributed by atoms with Gasteiger partial charge < -0.3 is 4.57 Å². The van der Waals surface area contributed by atoms with Gasteiger partial charge in [-0.2, -0.15) is 5.10 Å². The number of hydrogen-bond donors (Lipinski definition) is 0. The quantitative estimate of drug-likeness (QED) is 0.474. The summed E-state index contributed by atoms with van der Waals surface area (Å²) >= 11 is 0. The molecule has 0 saturated heterocycles. The van der Waals surface area contributed by atoms with E-state index >= 15 is 0 Å². The average molecular weight is 389 g/mol. The van der Waals surface area contributed by atoms with Crippen molar-refractivity contribution in [2.24, 2.45) is 7.05 Å². The van der Waals surface area contributed by atoms with Gasteiger partial charge in [0.15, 0.2) is 17.3 Å². The summed E-state index contributed by atoms with van der Waals surface area (Å²) in [6, 6.07) is 6.17. The number of aromatic nitrogens is 7. The minimum absolute atomic E-state index is 0.106. The molecule has 0 aliphatic rings. The molecular formula is C20H16FN7O. The lowest BCUT2D eigenvalue weighted by atomic mass is 10.1. The topological polar surface area (TPSA) is 82.9 Å². The van der Waals surface area contributed by atoms with Crippen LogP contribution in [0.5, 0.6) is 0 Å². The number of pyridine rings is 3. The summed E-state index contributed by atoms with van der Waals surface area (Å²) in [4.78, 5) is 17.1. The predicted molar refractivity (Wildman–Crippen MR) is 105 cm³/mol. The molecule has 0 saturated carbocycles. The van der Waals surface area contributed by atoms with Gasteiger partial charge in [0.25, 0.3) is 5.56 Å². The number of halogens is 1. The molecule has 1 atom stereocenters. The fraction of sp³-hybridized carbons (Fsp3) is 0.150. The summed E-state index contributed by atoms with van der Waals surface area (Å²) in [7, 11) is 1.80. The molecule has 0 amide bonds. The summed E-state index contributed by atoms with van der Waals surface area (Å²) in [5.74, 6) is -0.0395. The summed E-state index contributed by atoms with van der Waals surface area (Å²) in [6.07, 6.45) is 8.54. The first kappa shape index (κ1) is 17.2. The highest BCUT2D eigenvalue weighted by Crippen LogP contribution is 2.24.